The van der Waals surface area contributed by atoms with Crippen LogP contribution < -0.4 is 10.1 Å². The minimum atomic E-state index is -0.0236. The summed E-state index contributed by atoms with van der Waals surface area (Å²) in [5.74, 6) is 1.66. The Kier molecular flexibility index (Phi) is 7.23. The molecule has 2 heterocycles. The fraction of sp³-hybridized carbons (Fsp3) is 0.208. The molecule has 160 valence electrons. The van der Waals surface area contributed by atoms with E-state index in [1.165, 1.54) is 24.7 Å². The van der Waals surface area contributed by atoms with Gasteiger partial charge in [-0.1, -0.05) is 23.7 Å². The predicted molar refractivity (Wildman–Crippen MR) is 134 cm³/mol. The number of nitrogens with one attached hydrogen (secondary N) is 1. The molecule has 3 nitrogen and oxygen atoms in total. The van der Waals surface area contributed by atoms with Crippen molar-refractivity contribution in [3.05, 3.63) is 79.8 Å². The number of amides is 1. The highest BCUT2D eigenvalue weighted by atomic mass is 35.5. The molecule has 0 aliphatic carbocycles. The van der Waals surface area contributed by atoms with Crippen LogP contribution in [0.5, 0.6) is 5.75 Å². The second-order valence-corrected chi connectivity index (χ2v) is 11.1. The van der Waals surface area contributed by atoms with Crippen LogP contribution in [0, 0.1) is 13.8 Å². The number of aryl methyl sites for hydroxylation is 2. The summed E-state index contributed by atoms with van der Waals surface area (Å²) < 4.78 is 7.04. The third-order valence-electron chi connectivity index (χ3n) is 4.77. The molecular formula is C24H22ClNO2S3. The quantitative estimate of drug-likeness (QED) is 0.209. The molecule has 1 N–H and O–H groups in total. The zero-order valence-corrected chi connectivity index (χ0v) is 20.4. The van der Waals surface area contributed by atoms with Gasteiger partial charge in [0, 0.05) is 42.1 Å². The largest absolute Gasteiger partial charge is 0.493 e. The van der Waals surface area contributed by atoms with Crippen molar-refractivity contribution in [2.75, 3.05) is 12.4 Å². The number of benzene rings is 2. The molecule has 0 aliphatic rings. The molecule has 2 aromatic carbocycles. The Hall–Kier alpha value is -1.99. The normalized spacial score (nSPS) is 11.1. The average molecular weight is 488 g/mol. The van der Waals surface area contributed by atoms with E-state index in [2.05, 4.69) is 19.2 Å². The summed E-state index contributed by atoms with van der Waals surface area (Å²) in [5.41, 5.74) is 1.04. The van der Waals surface area contributed by atoms with Gasteiger partial charge < -0.3 is 10.1 Å². The van der Waals surface area contributed by atoms with Crippen LogP contribution in [0.3, 0.4) is 0 Å². The van der Waals surface area contributed by atoms with Crippen molar-refractivity contribution < 1.29 is 9.53 Å². The second-order valence-electron chi connectivity index (χ2n) is 7.05. The van der Waals surface area contributed by atoms with Crippen molar-refractivity contribution in [1.82, 2.24) is 5.32 Å². The van der Waals surface area contributed by atoms with Gasteiger partial charge in [-0.2, -0.15) is 0 Å². The van der Waals surface area contributed by atoms with Crippen molar-refractivity contribution in [3.8, 4) is 5.75 Å². The minimum absolute atomic E-state index is 0.0236. The van der Waals surface area contributed by atoms with Gasteiger partial charge in [0.15, 0.2) is 0 Å². The molecule has 31 heavy (non-hydrogen) atoms. The van der Waals surface area contributed by atoms with E-state index in [1.54, 1.807) is 34.4 Å². The molecule has 0 saturated carbocycles. The molecule has 0 unspecified atom stereocenters. The van der Waals surface area contributed by atoms with Gasteiger partial charge in [-0.3, -0.25) is 4.79 Å². The van der Waals surface area contributed by atoms with Gasteiger partial charge in [0.1, 0.15) is 5.75 Å². The summed E-state index contributed by atoms with van der Waals surface area (Å²) in [5, 5.41) is 4.97. The van der Waals surface area contributed by atoms with Crippen LogP contribution in [0.4, 0.5) is 0 Å². The van der Waals surface area contributed by atoms with Crippen molar-refractivity contribution in [1.29, 1.82) is 0 Å². The van der Waals surface area contributed by atoms with Crippen molar-refractivity contribution in [3.63, 3.8) is 0 Å². The molecular weight excluding hydrogens is 466 g/mol. The molecule has 4 rings (SSSR count). The summed E-state index contributed by atoms with van der Waals surface area (Å²) in [7, 11) is 0. The number of halogens is 1. The highest BCUT2D eigenvalue weighted by Gasteiger charge is 2.14. The molecule has 0 atom stereocenters. The van der Waals surface area contributed by atoms with Crippen molar-refractivity contribution >= 4 is 62.0 Å². The highest BCUT2D eigenvalue weighted by molar-refractivity contribution is 7.99. The van der Waals surface area contributed by atoms with Gasteiger partial charge in [0.2, 0.25) is 0 Å². The monoisotopic (exact) mass is 487 g/mol. The number of carbonyl (C=O) groups is 1. The molecule has 0 bridgehead atoms. The van der Waals surface area contributed by atoms with E-state index in [9.17, 15) is 4.79 Å². The molecule has 0 saturated heterocycles. The number of rotatable bonds is 8. The highest BCUT2D eigenvalue weighted by Crippen LogP contribution is 2.36. The third-order valence-corrected chi connectivity index (χ3v) is 8.42. The van der Waals surface area contributed by atoms with Crippen LogP contribution in [0.2, 0.25) is 5.02 Å². The third kappa shape index (κ3) is 5.63. The minimum Gasteiger partial charge on any atom is -0.493 e. The predicted octanol–water partition coefficient (Wildman–Crippen LogP) is 7.33. The Balaban J connectivity index is 1.23. The first kappa shape index (κ1) is 22.2. The van der Waals surface area contributed by atoms with Gasteiger partial charge in [-0.05, 0) is 61.9 Å². The lowest BCUT2D eigenvalue weighted by molar-refractivity contribution is 0.0955. The maximum atomic E-state index is 12.6. The van der Waals surface area contributed by atoms with Gasteiger partial charge >= 0.3 is 0 Å². The topological polar surface area (TPSA) is 38.3 Å². The van der Waals surface area contributed by atoms with Crippen LogP contribution in [-0.2, 0) is 6.54 Å². The number of thiophene rings is 2. The Labute approximate surface area is 199 Å². The molecule has 7 heteroatoms. The Morgan fingerprint density at radius 3 is 2.48 bits per heavy atom. The molecule has 0 fully saturated rings. The number of thioether (sulfide) groups is 1. The summed E-state index contributed by atoms with van der Waals surface area (Å²) in [4.78, 5) is 17.0. The van der Waals surface area contributed by atoms with Gasteiger partial charge in [-0.25, -0.2) is 0 Å². The van der Waals surface area contributed by atoms with Crippen molar-refractivity contribution in [2.24, 2.45) is 0 Å². The van der Waals surface area contributed by atoms with Crippen LogP contribution in [-0.4, -0.2) is 18.3 Å². The second kappa shape index (κ2) is 10.1. The lowest BCUT2D eigenvalue weighted by atomic mass is 10.2. The lowest BCUT2D eigenvalue weighted by Gasteiger charge is -2.08. The van der Waals surface area contributed by atoms with Crippen LogP contribution in [0.15, 0.2) is 59.5 Å². The van der Waals surface area contributed by atoms with Crippen molar-refractivity contribution in [2.45, 2.75) is 25.3 Å². The van der Waals surface area contributed by atoms with Gasteiger partial charge in [-0.15, -0.1) is 34.4 Å². The lowest BCUT2D eigenvalue weighted by Crippen LogP contribution is -2.21. The Morgan fingerprint density at radius 2 is 1.77 bits per heavy atom. The average Bonchev–Trinajstić information content (AvgIpc) is 3.33. The first-order valence-corrected chi connectivity index (χ1v) is 12.9. The van der Waals surface area contributed by atoms with Gasteiger partial charge in [0.05, 0.1) is 11.5 Å². The summed E-state index contributed by atoms with van der Waals surface area (Å²) >= 11 is 11.0. The summed E-state index contributed by atoms with van der Waals surface area (Å²) in [6.45, 7) is 5.33. The van der Waals surface area contributed by atoms with E-state index < -0.39 is 0 Å². The molecule has 0 radical (unpaired) electrons. The Morgan fingerprint density at radius 1 is 1.03 bits per heavy atom. The number of ether oxygens (including phenoxy) is 1. The molecule has 1 amide bonds. The van der Waals surface area contributed by atoms with Crippen LogP contribution >= 0.6 is 46.0 Å². The van der Waals surface area contributed by atoms with Gasteiger partial charge in [0.25, 0.3) is 5.91 Å². The summed E-state index contributed by atoms with van der Waals surface area (Å²) in [6.07, 6.45) is 0. The maximum absolute atomic E-state index is 12.6. The number of fused-ring (bicyclic) bond motifs is 1. The molecule has 4 aromatic rings. The first-order valence-electron chi connectivity index (χ1n) is 9.87. The van der Waals surface area contributed by atoms with Crippen LogP contribution in [0.1, 0.15) is 25.0 Å². The zero-order valence-electron chi connectivity index (χ0n) is 17.2. The van der Waals surface area contributed by atoms with E-state index in [0.717, 1.165) is 27.0 Å². The maximum Gasteiger partial charge on any atom is 0.261 e. The fourth-order valence-corrected chi connectivity index (χ4v) is 6.31. The molecule has 2 aromatic heterocycles. The number of hydrogen-bond acceptors (Lipinski definition) is 5. The van der Waals surface area contributed by atoms with E-state index in [4.69, 9.17) is 16.3 Å². The first-order chi connectivity index (χ1) is 15.0. The smallest absolute Gasteiger partial charge is 0.261 e. The number of hydrogen-bond donors (Lipinski definition) is 1. The molecule has 0 spiro atoms. The van der Waals surface area contributed by atoms with Crippen LogP contribution in [0.25, 0.3) is 10.1 Å². The Bertz CT molecular complexity index is 1150. The van der Waals surface area contributed by atoms with E-state index in [1.807, 2.05) is 54.6 Å². The SMILES string of the molecule is Cc1sc(C)c2sc(C(=O)NCc3ccc(OCCSc4ccc(Cl)cc4)cc3)cc12. The number of carbonyl (C=O) groups excluding carboxylic acids is 1. The van der Waals surface area contributed by atoms with E-state index in [-0.39, 0.29) is 5.91 Å². The van der Waals surface area contributed by atoms with E-state index in [0.29, 0.717) is 13.2 Å². The summed E-state index contributed by atoms with van der Waals surface area (Å²) in [6, 6.07) is 17.7. The standard InChI is InChI=1S/C24H22ClNO2S3/c1-15-21-13-22(31-23(21)16(2)30-15)24(27)26-14-17-3-7-19(8-4-17)28-11-12-29-20-9-5-18(25)6-10-20/h3-10,13H,11-12,14H2,1-2H3,(H,26,27). The fourth-order valence-electron chi connectivity index (χ4n) is 3.18. The zero-order chi connectivity index (χ0) is 21.8. The van der Waals surface area contributed by atoms with E-state index >= 15 is 0 Å². The molecule has 0 aliphatic heterocycles.